The van der Waals surface area contributed by atoms with Crippen LogP contribution < -0.4 is 10.1 Å². The normalized spacial score (nSPS) is 10.4. The molecule has 14 heavy (non-hydrogen) atoms. The molecule has 0 fully saturated rings. The van der Waals surface area contributed by atoms with Gasteiger partial charge in [0, 0.05) is 11.7 Å². The predicted molar refractivity (Wildman–Crippen MR) is 61.2 cm³/mol. The highest BCUT2D eigenvalue weighted by atomic mass is 16.5. The van der Waals surface area contributed by atoms with Gasteiger partial charge in [-0.3, -0.25) is 0 Å². The van der Waals surface area contributed by atoms with Crippen molar-refractivity contribution in [1.82, 2.24) is 0 Å². The van der Waals surface area contributed by atoms with Gasteiger partial charge in [0.15, 0.2) is 0 Å². The molecule has 0 amide bonds. The molecule has 0 aliphatic heterocycles. The molecule has 1 aromatic rings. The summed E-state index contributed by atoms with van der Waals surface area (Å²) >= 11 is 0. The van der Waals surface area contributed by atoms with Crippen LogP contribution in [-0.2, 0) is 0 Å². The smallest absolute Gasteiger partial charge is 0.122 e. The highest BCUT2D eigenvalue weighted by molar-refractivity contribution is 5.58. The summed E-state index contributed by atoms with van der Waals surface area (Å²) in [5, 5.41) is 3.41. The second-order valence-corrected chi connectivity index (χ2v) is 3.86. The van der Waals surface area contributed by atoms with E-state index < -0.39 is 0 Å². The van der Waals surface area contributed by atoms with E-state index in [1.54, 1.807) is 7.11 Å². The average Bonchev–Trinajstić information content (AvgIpc) is 2.13. The fourth-order valence-corrected chi connectivity index (χ4v) is 1.48. The number of hydrogen-bond donors (Lipinski definition) is 1. The van der Waals surface area contributed by atoms with Gasteiger partial charge in [-0.25, -0.2) is 0 Å². The topological polar surface area (TPSA) is 21.3 Å². The molecule has 0 heterocycles. The van der Waals surface area contributed by atoms with Gasteiger partial charge in [-0.15, -0.1) is 0 Å². The Morgan fingerprint density at radius 2 is 1.79 bits per heavy atom. The van der Waals surface area contributed by atoms with Crippen molar-refractivity contribution in [3.8, 4) is 5.75 Å². The summed E-state index contributed by atoms with van der Waals surface area (Å²) in [7, 11) is 1.71. The van der Waals surface area contributed by atoms with Crippen LogP contribution in [0.25, 0.3) is 0 Å². The second kappa shape index (κ2) is 4.36. The van der Waals surface area contributed by atoms with E-state index in [1.165, 1.54) is 16.8 Å². The molecular formula is C12H19NO. The molecule has 0 radical (unpaired) electrons. The van der Waals surface area contributed by atoms with Crippen LogP contribution in [0.4, 0.5) is 5.69 Å². The Balaban J connectivity index is 3.04. The van der Waals surface area contributed by atoms with Crippen LogP contribution in [0.15, 0.2) is 12.1 Å². The van der Waals surface area contributed by atoms with Gasteiger partial charge < -0.3 is 10.1 Å². The summed E-state index contributed by atoms with van der Waals surface area (Å²) in [6.45, 7) is 8.47. The van der Waals surface area contributed by atoms with Crippen LogP contribution in [0, 0.1) is 13.8 Å². The summed E-state index contributed by atoms with van der Waals surface area (Å²) < 4.78 is 5.26. The van der Waals surface area contributed by atoms with E-state index >= 15 is 0 Å². The first-order chi connectivity index (χ1) is 6.56. The van der Waals surface area contributed by atoms with Crippen molar-refractivity contribution in [1.29, 1.82) is 0 Å². The van der Waals surface area contributed by atoms with Crippen molar-refractivity contribution >= 4 is 5.69 Å². The summed E-state index contributed by atoms with van der Waals surface area (Å²) in [5.74, 6) is 0.955. The average molecular weight is 193 g/mol. The predicted octanol–water partition coefficient (Wildman–Crippen LogP) is 3.13. The lowest BCUT2D eigenvalue weighted by molar-refractivity contribution is 0.411. The highest BCUT2D eigenvalue weighted by Gasteiger charge is 2.06. The molecule has 0 spiro atoms. The Bertz CT molecular complexity index is 318. The number of ether oxygens (including phenoxy) is 1. The minimum Gasteiger partial charge on any atom is -0.496 e. The van der Waals surface area contributed by atoms with E-state index in [-0.39, 0.29) is 0 Å². The van der Waals surface area contributed by atoms with Crippen molar-refractivity contribution in [3.63, 3.8) is 0 Å². The lowest BCUT2D eigenvalue weighted by Gasteiger charge is -2.16. The van der Waals surface area contributed by atoms with Crippen LogP contribution >= 0.6 is 0 Å². The molecule has 1 rings (SSSR count). The molecule has 1 N–H and O–H groups in total. The van der Waals surface area contributed by atoms with Crippen molar-refractivity contribution in [2.24, 2.45) is 0 Å². The van der Waals surface area contributed by atoms with Crippen LogP contribution in [0.1, 0.15) is 25.0 Å². The van der Waals surface area contributed by atoms with Gasteiger partial charge in [-0.05, 0) is 51.0 Å². The molecule has 2 nitrogen and oxygen atoms in total. The molecule has 0 aliphatic carbocycles. The van der Waals surface area contributed by atoms with E-state index in [4.69, 9.17) is 4.74 Å². The molecule has 0 aromatic heterocycles. The first kappa shape index (κ1) is 10.9. The molecule has 1 aromatic carbocycles. The third-order valence-electron chi connectivity index (χ3n) is 2.40. The number of benzene rings is 1. The van der Waals surface area contributed by atoms with Gasteiger partial charge in [-0.1, -0.05) is 0 Å². The number of nitrogens with one attached hydrogen (secondary N) is 1. The summed E-state index contributed by atoms with van der Waals surface area (Å²) in [6.07, 6.45) is 0. The monoisotopic (exact) mass is 193 g/mol. The number of hydrogen-bond acceptors (Lipinski definition) is 2. The summed E-state index contributed by atoms with van der Waals surface area (Å²) in [5.41, 5.74) is 3.66. The molecule has 78 valence electrons. The van der Waals surface area contributed by atoms with Gasteiger partial charge in [0.2, 0.25) is 0 Å². The van der Waals surface area contributed by atoms with Crippen LogP contribution in [0.2, 0.25) is 0 Å². The van der Waals surface area contributed by atoms with Crippen molar-refractivity contribution in [2.45, 2.75) is 33.7 Å². The molecule has 0 saturated carbocycles. The van der Waals surface area contributed by atoms with E-state index in [2.05, 4.69) is 39.1 Å². The number of methoxy groups -OCH3 is 1. The molecule has 2 heteroatoms. The van der Waals surface area contributed by atoms with Gasteiger partial charge in [0.25, 0.3) is 0 Å². The van der Waals surface area contributed by atoms with Crippen LogP contribution in [-0.4, -0.2) is 13.2 Å². The second-order valence-electron chi connectivity index (χ2n) is 3.86. The zero-order valence-corrected chi connectivity index (χ0v) is 9.64. The molecule has 0 saturated heterocycles. The molecule has 0 unspecified atom stereocenters. The van der Waals surface area contributed by atoms with Gasteiger partial charge in [0.1, 0.15) is 5.75 Å². The zero-order valence-electron chi connectivity index (χ0n) is 9.64. The van der Waals surface area contributed by atoms with Gasteiger partial charge in [0.05, 0.1) is 7.11 Å². The Morgan fingerprint density at radius 3 is 2.29 bits per heavy atom. The van der Waals surface area contributed by atoms with E-state index in [1.807, 2.05) is 6.07 Å². The van der Waals surface area contributed by atoms with Crippen molar-refractivity contribution < 1.29 is 4.74 Å². The molecular weight excluding hydrogens is 174 g/mol. The first-order valence-corrected chi connectivity index (χ1v) is 4.97. The van der Waals surface area contributed by atoms with E-state index in [9.17, 15) is 0 Å². The maximum atomic E-state index is 5.26. The van der Waals surface area contributed by atoms with E-state index in [0.29, 0.717) is 6.04 Å². The maximum absolute atomic E-state index is 5.26. The van der Waals surface area contributed by atoms with Gasteiger partial charge in [-0.2, -0.15) is 0 Å². The standard InChI is InChI=1S/C12H19NO/c1-8(2)13-11-6-7-12(14-5)10(4)9(11)3/h6-8,13H,1-5H3. The number of rotatable bonds is 3. The zero-order chi connectivity index (χ0) is 10.7. The fraction of sp³-hybridized carbons (Fsp3) is 0.500. The Labute approximate surface area is 86.3 Å². The largest absolute Gasteiger partial charge is 0.496 e. The molecule has 0 bridgehead atoms. The Kier molecular flexibility index (Phi) is 3.39. The number of anilines is 1. The van der Waals surface area contributed by atoms with Crippen LogP contribution in [0.3, 0.4) is 0 Å². The van der Waals surface area contributed by atoms with E-state index in [0.717, 1.165) is 5.75 Å². The lowest BCUT2D eigenvalue weighted by atomic mass is 10.1. The SMILES string of the molecule is COc1ccc(NC(C)C)c(C)c1C. The highest BCUT2D eigenvalue weighted by Crippen LogP contribution is 2.27. The minimum atomic E-state index is 0.460. The quantitative estimate of drug-likeness (QED) is 0.796. The van der Waals surface area contributed by atoms with Gasteiger partial charge >= 0.3 is 0 Å². The fourth-order valence-electron chi connectivity index (χ4n) is 1.48. The lowest BCUT2D eigenvalue weighted by Crippen LogP contribution is -2.11. The maximum Gasteiger partial charge on any atom is 0.122 e. The van der Waals surface area contributed by atoms with Crippen molar-refractivity contribution in [2.75, 3.05) is 12.4 Å². The van der Waals surface area contributed by atoms with Crippen LogP contribution in [0.5, 0.6) is 5.75 Å². The summed E-state index contributed by atoms with van der Waals surface area (Å²) in [6, 6.07) is 4.54. The summed E-state index contributed by atoms with van der Waals surface area (Å²) in [4.78, 5) is 0. The first-order valence-electron chi connectivity index (χ1n) is 4.97. The molecule has 0 aliphatic rings. The third-order valence-corrected chi connectivity index (χ3v) is 2.40. The Hall–Kier alpha value is -1.18. The Morgan fingerprint density at radius 1 is 1.14 bits per heavy atom. The minimum absolute atomic E-state index is 0.460. The van der Waals surface area contributed by atoms with Crippen molar-refractivity contribution in [3.05, 3.63) is 23.3 Å². The third kappa shape index (κ3) is 2.19. The molecule has 0 atom stereocenters.